The fraction of sp³-hybridized carbons (Fsp3) is 0.500. The minimum atomic E-state index is -1.95. The number of cyclic esters (lactones) is 1. The molecule has 1 saturated heterocycles. The van der Waals surface area contributed by atoms with Crippen LogP contribution in [-0.4, -0.2) is 46.0 Å². The number of ether oxygens (including phenoxy) is 3. The minimum absolute atomic E-state index is 0.0313. The molecular weight excluding hydrogens is 557 g/mol. The van der Waals surface area contributed by atoms with E-state index in [0.717, 1.165) is 41.3 Å². The van der Waals surface area contributed by atoms with Crippen molar-refractivity contribution in [1.82, 2.24) is 14.9 Å². The molecule has 0 radical (unpaired) electrons. The van der Waals surface area contributed by atoms with Crippen LogP contribution in [0.15, 0.2) is 16.9 Å². The van der Waals surface area contributed by atoms with E-state index in [1.54, 1.807) is 24.5 Å². The second-order valence-corrected chi connectivity index (χ2v) is 11.9. The fourth-order valence-corrected chi connectivity index (χ4v) is 7.09. The van der Waals surface area contributed by atoms with Crippen LogP contribution in [0.4, 0.5) is 4.39 Å². The zero-order chi connectivity index (χ0) is 30.0. The smallest absolute Gasteiger partial charge is 0.343 e. The highest BCUT2D eigenvalue weighted by molar-refractivity contribution is 5.94. The highest BCUT2D eigenvalue weighted by Crippen LogP contribution is 2.46. The molecule has 10 nitrogen and oxygen atoms in total. The van der Waals surface area contributed by atoms with E-state index in [1.165, 1.54) is 6.07 Å². The molecule has 226 valence electrons. The van der Waals surface area contributed by atoms with E-state index >= 15 is 4.39 Å². The molecular formula is C32H34FN3O7. The van der Waals surface area contributed by atoms with Crippen LogP contribution in [0.1, 0.15) is 84.9 Å². The van der Waals surface area contributed by atoms with Crippen LogP contribution in [0, 0.1) is 12.7 Å². The van der Waals surface area contributed by atoms with Crippen molar-refractivity contribution in [3.05, 3.63) is 61.7 Å². The molecule has 1 amide bonds. The van der Waals surface area contributed by atoms with Crippen LogP contribution in [-0.2, 0) is 49.0 Å². The van der Waals surface area contributed by atoms with Gasteiger partial charge in [0, 0.05) is 29.2 Å². The third kappa shape index (κ3) is 4.39. The second-order valence-electron chi connectivity index (χ2n) is 11.9. The van der Waals surface area contributed by atoms with Crippen LogP contribution in [0.5, 0.6) is 0 Å². The summed E-state index contributed by atoms with van der Waals surface area (Å²) >= 11 is 0. The van der Waals surface area contributed by atoms with Crippen LogP contribution < -0.4 is 10.9 Å². The number of benzene rings is 1. The molecule has 2 N–H and O–H groups in total. The highest BCUT2D eigenvalue weighted by atomic mass is 19.1. The first-order valence-corrected chi connectivity index (χ1v) is 15.1. The molecule has 0 bridgehead atoms. The van der Waals surface area contributed by atoms with Crippen molar-refractivity contribution in [1.29, 1.82) is 0 Å². The Kier molecular flexibility index (Phi) is 6.87. The van der Waals surface area contributed by atoms with Gasteiger partial charge in [-0.1, -0.05) is 6.92 Å². The molecule has 0 spiro atoms. The molecule has 3 aromatic rings. The lowest BCUT2D eigenvalue weighted by Crippen LogP contribution is -2.44. The summed E-state index contributed by atoms with van der Waals surface area (Å²) in [6.07, 6.45) is 3.91. The monoisotopic (exact) mass is 591 g/mol. The van der Waals surface area contributed by atoms with Crippen LogP contribution in [0.3, 0.4) is 0 Å². The normalized spacial score (nSPS) is 23.9. The number of hydrogen-bond donors (Lipinski definition) is 2. The third-order valence-electron chi connectivity index (χ3n) is 9.48. The number of amides is 1. The average molecular weight is 592 g/mol. The summed E-state index contributed by atoms with van der Waals surface area (Å²) in [5.41, 5.74) is 2.48. The van der Waals surface area contributed by atoms with E-state index in [1.807, 2.05) is 0 Å². The molecule has 4 aliphatic rings. The van der Waals surface area contributed by atoms with E-state index in [9.17, 15) is 19.5 Å². The summed E-state index contributed by atoms with van der Waals surface area (Å²) in [6, 6.07) is 2.66. The van der Waals surface area contributed by atoms with Gasteiger partial charge in [0.1, 0.15) is 12.4 Å². The van der Waals surface area contributed by atoms with Gasteiger partial charge in [-0.15, -0.1) is 0 Å². The standard InChI is InChI=1S/C32H34FN3O7/c1-3-32(40)20-12-24-29-18(14-36(24)30(38)19(20)15-43-31(32)39)28-22(34-25(37)9-11-42-26-6-4-5-10-41-26)8-7-17-16(2)21(33)13-23(35-29)27(17)28/h12-13,22,26,40H,3-11,14-15H2,1-2H3,(H,34,37)/t22-,26?,32-/m0/s1. The fourth-order valence-electron chi connectivity index (χ4n) is 7.09. The maximum Gasteiger partial charge on any atom is 0.343 e. The number of hydrogen-bond acceptors (Lipinski definition) is 8. The molecule has 5 heterocycles. The molecule has 0 saturated carbocycles. The quantitative estimate of drug-likeness (QED) is 0.326. The zero-order valence-corrected chi connectivity index (χ0v) is 24.3. The Labute approximate surface area is 247 Å². The first-order chi connectivity index (χ1) is 20.7. The predicted molar refractivity (Wildman–Crippen MR) is 153 cm³/mol. The summed E-state index contributed by atoms with van der Waals surface area (Å²) in [5, 5.41) is 15.2. The second kappa shape index (κ2) is 10.5. The number of rotatable bonds is 6. The van der Waals surface area contributed by atoms with Gasteiger partial charge in [-0.2, -0.15) is 0 Å². The Morgan fingerprint density at radius 1 is 1.23 bits per heavy atom. The number of fused-ring (bicyclic) bond motifs is 5. The van der Waals surface area contributed by atoms with Gasteiger partial charge < -0.3 is 29.2 Å². The summed E-state index contributed by atoms with van der Waals surface area (Å²) in [5.74, 6) is -1.33. The number of aromatic nitrogens is 2. The van der Waals surface area contributed by atoms with Gasteiger partial charge in [0.25, 0.3) is 5.56 Å². The zero-order valence-electron chi connectivity index (χ0n) is 24.3. The number of esters is 1. The summed E-state index contributed by atoms with van der Waals surface area (Å²) in [6.45, 7) is 4.27. The number of aryl methyl sites for hydroxylation is 1. The van der Waals surface area contributed by atoms with Crippen molar-refractivity contribution < 1.29 is 33.3 Å². The number of nitrogens with one attached hydrogen (secondary N) is 1. The van der Waals surface area contributed by atoms with Crippen LogP contribution in [0.2, 0.25) is 0 Å². The van der Waals surface area contributed by atoms with Crippen molar-refractivity contribution in [2.24, 2.45) is 0 Å². The summed E-state index contributed by atoms with van der Waals surface area (Å²) in [4.78, 5) is 44.3. The number of aliphatic hydroxyl groups is 1. The Morgan fingerprint density at radius 2 is 2.07 bits per heavy atom. The Hall–Kier alpha value is -3.67. The molecule has 1 unspecified atom stereocenters. The lowest BCUT2D eigenvalue weighted by molar-refractivity contribution is -0.172. The molecule has 3 atom stereocenters. The Balaban J connectivity index is 1.30. The number of halogens is 1. The molecule has 43 heavy (non-hydrogen) atoms. The first-order valence-electron chi connectivity index (χ1n) is 15.1. The third-order valence-corrected chi connectivity index (χ3v) is 9.48. The van der Waals surface area contributed by atoms with Crippen molar-refractivity contribution in [3.8, 4) is 11.4 Å². The van der Waals surface area contributed by atoms with Gasteiger partial charge in [0.05, 0.1) is 48.1 Å². The molecule has 7 rings (SSSR count). The Bertz CT molecular complexity index is 1750. The van der Waals surface area contributed by atoms with Gasteiger partial charge in [0.2, 0.25) is 5.91 Å². The summed E-state index contributed by atoms with van der Waals surface area (Å²) < 4.78 is 33.2. The molecule has 3 aliphatic heterocycles. The van der Waals surface area contributed by atoms with Gasteiger partial charge in [0.15, 0.2) is 11.9 Å². The van der Waals surface area contributed by atoms with E-state index in [0.29, 0.717) is 41.9 Å². The number of carbonyl (C=O) groups is 2. The molecule has 1 fully saturated rings. The number of pyridine rings is 2. The lowest BCUT2D eigenvalue weighted by Gasteiger charge is -2.31. The van der Waals surface area contributed by atoms with Crippen molar-refractivity contribution >= 4 is 22.8 Å². The number of carbonyl (C=O) groups excluding carboxylic acids is 2. The maximum absolute atomic E-state index is 15.1. The van der Waals surface area contributed by atoms with Gasteiger partial charge in [-0.25, -0.2) is 14.2 Å². The molecule has 1 aliphatic carbocycles. The van der Waals surface area contributed by atoms with Crippen LogP contribution >= 0.6 is 0 Å². The van der Waals surface area contributed by atoms with E-state index in [4.69, 9.17) is 19.2 Å². The first kappa shape index (κ1) is 28.1. The minimum Gasteiger partial charge on any atom is -0.458 e. The van der Waals surface area contributed by atoms with Gasteiger partial charge >= 0.3 is 5.97 Å². The Morgan fingerprint density at radius 3 is 2.84 bits per heavy atom. The number of nitrogens with zero attached hydrogens (tertiary/aromatic N) is 2. The van der Waals surface area contributed by atoms with E-state index in [-0.39, 0.29) is 73.3 Å². The van der Waals surface area contributed by atoms with E-state index in [2.05, 4.69) is 5.32 Å². The largest absolute Gasteiger partial charge is 0.458 e. The van der Waals surface area contributed by atoms with Gasteiger partial charge in [-0.3, -0.25) is 9.59 Å². The molecule has 11 heteroatoms. The van der Waals surface area contributed by atoms with Crippen molar-refractivity contribution in [2.75, 3.05) is 13.2 Å². The molecule has 2 aromatic heterocycles. The van der Waals surface area contributed by atoms with Crippen LogP contribution in [0.25, 0.3) is 22.3 Å². The van der Waals surface area contributed by atoms with Crippen molar-refractivity contribution in [2.45, 2.75) is 89.9 Å². The summed E-state index contributed by atoms with van der Waals surface area (Å²) in [7, 11) is 0. The highest BCUT2D eigenvalue weighted by Gasteiger charge is 2.46. The SMILES string of the molecule is CC[C@@]1(O)C(=O)OCc2c1cc1n(c2=O)Cc2c-1nc1cc(F)c(C)c3c1c2[C@@H](NC(=O)CCOC1CCCCO1)CC3. The van der Waals surface area contributed by atoms with Gasteiger partial charge in [-0.05, 0) is 68.2 Å². The topological polar surface area (TPSA) is 129 Å². The predicted octanol–water partition coefficient (Wildman–Crippen LogP) is 3.56. The van der Waals surface area contributed by atoms with E-state index < -0.39 is 11.6 Å². The average Bonchev–Trinajstić information content (AvgIpc) is 3.37. The lowest BCUT2D eigenvalue weighted by atomic mass is 9.81. The molecule has 1 aromatic carbocycles. The van der Waals surface area contributed by atoms with Crippen molar-refractivity contribution in [3.63, 3.8) is 0 Å². The maximum atomic E-state index is 15.1.